The molecule has 0 aromatic rings. The molecule has 0 heterocycles. The van der Waals surface area contributed by atoms with Crippen LogP contribution in [0, 0.1) is 0 Å². The fourth-order valence-electron chi connectivity index (χ4n) is 2.53. The van der Waals surface area contributed by atoms with Gasteiger partial charge in [-0.3, -0.25) is 4.79 Å². The Hall–Kier alpha value is -1.19. The summed E-state index contributed by atoms with van der Waals surface area (Å²) in [5, 5.41) is 0. The van der Waals surface area contributed by atoms with Crippen LogP contribution in [0.25, 0.3) is 0 Å². The van der Waals surface area contributed by atoms with Crippen LogP contribution < -0.4 is 0 Å². The van der Waals surface area contributed by atoms with Crippen LogP contribution in [0.15, 0.2) is 12.7 Å². The van der Waals surface area contributed by atoms with Crippen molar-refractivity contribution in [1.82, 2.24) is 0 Å². The number of esters is 1. The van der Waals surface area contributed by atoms with E-state index in [1.165, 1.54) is 0 Å². The van der Waals surface area contributed by atoms with Crippen LogP contribution >= 0.6 is 0 Å². The molecule has 0 radical (unpaired) electrons. The molecule has 0 saturated carbocycles. The topological polar surface area (TPSA) is 119 Å². The summed E-state index contributed by atoms with van der Waals surface area (Å²) in [6, 6.07) is 0. The number of carbonyl (C=O) groups excluding carboxylic acids is 1. The van der Waals surface area contributed by atoms with Gasteiger partial charge in [-0.2, -0.15) is 0 Å². The zero-order valence-corrected chi connectivity index (χ0v) is 23.2. The van der Waals surface area contributed by atoms with E-state index >= 15 is 0 Å². The molecule has 0 aliphatic heterocycles. The van der Waals surface area contributed by atoms with Crippen molar-refractivity contribution in [3.63, 3.8) is 0 Å². The molecule has 226 valence electrons. The van der Waals surface area contributed by atoms with Crippen LogP contribution in [0.3, 0.4) is 0 Å². The van der Waals surface area contributed by atoms with E-state index < -0.39 is 0 Å². The lowest BCUT2D eigenvalue weighted by Gasteiger charge is -2.09. The first-order chi connectivity index (χ1) is 18.8. The number of ether oxygens (including phenoxy) is 11. The molecule has 38 heavy (non-hydrogen) atoms. The van der Waals surface area contributed by atoms with Gasteiger partial charge in [0, 0.05) is 0 Å². The molecule has 0 fully saturated rings. The van der Waals surface area contributed by atoms with Gasteiger partial charge in [-0.05, 0) is 6.92 Å². The van der Waals surface area contributed by atoms with Gasteiger partial charge in [0.05, 0.1) is 145 Å². The highest BCUT2D eigenvalue weighted by Gasteiger charge is 2.00. The second-order valence-electron chi connectivity index (χ2n) is 7.43. The van der Waals surface area contributed by atoms with E-state index in [1.807, 2.05) is 0 Å². The standard InChI is InChI=1S/C26H50O12/c1-3-6-28-8-10-30-12-14-32-16-18-34-20-22-36-24-25-37-23-21-35-19-17-33-15-13-31-11-9-29-7-5-26(27)38-4-2/h3H,1,4-25H2,2H3. The van der Waals surface area contributed by atoms with Crippen LogP contribution in [0.2, 0.25) is 0 Å². The van der Waals surface area contributed by atoms with Crippen LogP contribution in [-0.2, 0) is 56.9 Å². The number of rotatable bonds is 33. The van der Waals surface area contributed by atoms with Gasteiger partial charge in [0.1, 0.15) is 0 Å². The Morgan fingerprint density at radius 3 is 1.00 bits per heavy atom. The number of carbonyl (C=O) groups is 1. The maximum Gasteiger partial charge on any atom is 0.308 e. The monoisotopic (exact) mass is 554 g/mol. The van der Waals surface area contributed by atoms with Crippen LogP contribution in [0.5, 0.6) is 0 Å². The molecule has 12 heteroatoms. The van der Waals surface area contributed by atoms with Crippen molar-refractivity contribution in [2.45, 2.75) is 13.3 Å². The van der Waals surface area contributed by atoms with Gasteiger partial charge in [-0.15, -0.1) is 6.58 Å². The second kappa shape index (κ2) is 33.8. The minimum Gasteiger partial charge on any atom is -0.466 e. The van der Waals surface area contributed by atoms with E-state index in [2.05, 4.69) is 6.58 Å². The molecule has 0 aromatic carbocycles. The van der Waals surface area contributed by atoms with E-state index in [9.17, 15) is 4.79 Å². The van der Waals surface area contributed by atoms with Crippen LogP contribution in [0.1, 0.15) is 13.3 Å². The van der Waals surface area contributed by atoms with Gasteiger partial charge in [-0.1, -0.05) is 6.08 Å². The maximum absolute atomic E-state index is 11.1. The molecule has 0 atom stereocenters. The largest absolute Gasteiger partial charge is 0.466 e. The van der Waals surface area contributed by atoms with Crippen molar-refractivity contribution in [2.24, 2.45) is 0 Å². The normalized spacial score (nSPS) is 11.2. The number of hydrogen-bond acceptors (Lipinski definition) is 12. The quantitative estimate of drug-likeness (QED) is 0.0661. The van der Waals surface area contributed by atoms with E-state index in [4.69, 9.17) is 52.1 Å². The van der Waals surface area contributed by atoms with Gasteiger partial charge in [0.25, 0.3) is 0 Å². The first-order valence-electron chi connectivity index (χ1n) is 13.3. The summed E-state index contributed by atoms with van der Waals surface area (Å²) in [7, 11) is 0. The summed E-state index contributed by atoms with van der Waals surface area (Å²) in [6.45, 7) is 15.7. The highest BCUT2D eigenvalue weighted by Crippen LogP contribution is 1.89. The lowest BCUT2D eigenvalue weighted by molar-refractivity contribution is -0.144. The molecule has 0 bridgehead atoms. The minimum absolute atomic E-state index is 0.249. The molecule has 0 saturated heterocycles. The average Bonchev–Trinajstić information content (AvgIpc) is 2.92. The Labute approximate surface area is 228 Å². The Morgan fingerprint density at radius 1 is 0.474 bits per heavy atom. The summed E-state index contributed by atoms with van der Waals surface area (Å²) in [5.74, 6) is -0.249. The Bertz CT molecular complexity index is 481. The molecule has 12 nitrogen and oxygen atoms in total. The highest BCUT2D eigenvalue weighted by molar-refractivity contribution is 5.69. The van der Waals surface area contributed by atoms with Crippen molar-refractivity contribution < 1.29 is 56.9 Å². The van der Waals surface area contributed by atoms with Gasteiger partial charge in [0.15, 0.2) is 0 Å². The first kappa shape index (κ1) is 36.8. The summed E-state index contributed by atoms with van der Waals surface area (Å²) >= 11 is 0. The molecule has 0 unspecified atom stereocenters. The molecule has 0 aromatic heterocycles. The van der Waals surface area contributed by atoms with Gasteiger partial charge < -0.3 is 52.1 Å². The Kier molecular flexibility index (Phi) is 32.8. The van der Waals surface area contributed by atoms with Gasteiger partial charge >= 0.3 is 5.97 Å². The smallest absolute Gasteiger partial charge is 0.308 e. The lowest BCUT2D eigenvalue weighted by Crippen LogP contribution is -2.15. The molecule has 0 rings (SSSR count). The van der Waals surface area contributed by atoms with Crippen molar-refractivity contribution >= 4 is 5.97 Å². The molecular formula is C26H50O12. The van der Waals surface area contributed by atoms with Crippen LogP contribution in [0.4, 0.5) is 0 Å². The van der Waals surface area contributed by atoms with E-state index in [0.717, 1.165) is 0 Å². The Balaban J connectivity index is 3.05. The van der Waals surface area contributed by atoms with E-state index in [1.54, 1.807) is 13.0 Å². The zero-order valence-electron chi connectivity index (χ0n) is 23.2. The van der Waals surface area contributed by atoms with Crippen molar-refractivity contribution in [1.29, 1.82) is 0 Å². The summed E-state index contributed by atoms with van der Waals surface area (Å²) in [5.41, 5.74) is 0. The highest BCUT2D eigenvalue weighted by atomic mass is 16.6. The predicted molar refractivity (Wildman–Crippen MR) is 140 cm³/mol. The molecule has 0 aliphatic rings. The summed E-state index contributed by atoms with van der Waals surface area (Å²) in [6.07, 6.45) is 1.97. The third-order valence-corrected chi connectivity index (χ3v) is 4.34. The third kappa shape index (κ3) is 32.8. The average molecular weight is 555 g/mol. The lowest BCUT2D eigenvalue weighted by atomic mass is 10.5. The SMILES string of the molecule is C=CCOCCOCCOCCOCCOCCOCCOCCOCCOCCOCCC(=O)OCC. The molecule has 0 spiro atoms. The van der Waals surface area contributed by atoms with Crippen LogP contribution in [-0.4, -0.2) is 145 Å². The number of hydrogen-bond donors (Lipinski definition) is 0. The summed E-state index contributed by atoms with van der Waals surface area (Å²) in [4.78, 5) is 11.1. The van der Waals surface area contributed by atoms with Gasteiger partial charge in [0.2, 0.25) is 0 Å². The third-order valence-electron chi connectivity index (χ3n) is 4.34. The minimum atomic E-state index is -0.249. The molecule has 0 amide bonds. The zero-order chi connectivity index (χ0) is 27.6. The Morgan fingerprint density at radius 2 is 0.737 bits per heavy atom. The first-order valence-corrected chi connectivity index (χ1v) is 13.3. The van der Waals surface area contributed by atoms with E-state index in [-0.39, 0.29) is 12.4 Å². The maximum atomic E-state index is 11.1. The fraction of sp³-hybridized carbons (Fsp3) is 0.885. The van der Waals surface area contributed by atoms with Gasteiger partial charge in [-0.25, -0.2) is 0 Å². The molecular weight excluding hydrogens is 504 g/mol. The van der Waals surface area contributed by atoms with Crippen molar-refractivity contribution in [2.75, 3.05) is 139 Å². The van der Waals surface area contributed by atoms with Crippen molar-refractivity contribution in [3.8, 4) is 0 Å². The molecule has 0 N–H and O–H groups in total. The van der Waals surface area contributed by atoms with Crippen molar-refractivity contribution in [3.05, 3.63) is 12.7 Å². The fourth-order valence-corrected chi connectivity index (χ4v) is 2.53. The summed E-state index contributed by atoms with van der Waals surface area (Å²) < 4.78 is 58.6. The molecule has 0 aliphatic carbocycles. The predicted octanol–water partition coefficient (Wildman–Crippen LogP) is 1.29. The van der Waals surface area contributed by atoms with E-state index in [0.29, 0.717) is 139 Å². The second-order valence-corrected chi connectivity index (χ2v) is 7.43.